The summed E-state index contributed by atoms with van der Waals surface area (Å²) in [6.07, 6.45) is 1.67. The summed E-state index contributed by atoms with van der Waals surface area (Å²) in [5.41, 5.74) is 3.74. The molecule has 1 fully saturated rings. The molecule has 1 unspecified atom stereocenters. The fraction of sp³-hybridized carbons (Fsp3) is 0.368. The molecule has 2 heterocycles. The van der Waals surface area contributed by atoms with E-state index >= 15 is 0 Å². The van der Waals surface area contributed by atoms with Gasteiger partial charge in [0.15, 0.2) is 0 Å². The molecular formula is C19H22N2OS2. The third-order valence-electron chi connectivity index (χ3n) is 4.58. The van der Waals surface area contributed by atoms with Gasteiger partial charge in [-0.05, 0) is 49.6 Å². The topological polar surface area (TPSA) is 35.5 Å². The van der Waals surface area contributed by atoms with Crippen LogP contribution in [0.3, 0.4) is 0 Å². The highest BCUT2D eigenvalue weighted by atomic mass is 32.2. The van der Waals surface area contributed by atoms with Crippen molar-refractivity contribution >= 4 is 35.1 Å². The van der Waals surface area contributed by atoms with Crippen LogP contribution in [0, 0.1) is 0 Å². The third kappa shape index (κ3) is 3.45. The SMILES string of the molecule is CC(SN1CCC(O)CC1)c1ccc2c(c1)Nc1ccccc1S2. The molecule has 0 amide bonds. The van der Waals surface area contributed by atoms with E-state index in [2.05, 4.69) is 59.0 Å². The first kappa shape index (κ1) is 16.3. The van der Waals surface area contributed by atoms with Crippen LogP contribution >= 0.6 is 23.7 Å². The number of benzene rings is 2. The molecule has 1 atom stereocenters. The molecule has 126 valence electrons. The second kappa shape index (κ2) is 7.00. The molecule has 2 aromatic rings. The van der Waals surface area contributed by atoms with Crippen LogP contribution in [0.25, 0.3) is 0 Å². The van der Waals surface area contributed by atoms with Crippen LogP contribution in [0.5, 0.6) is 0 Å². The minimum Gasteiger partial charge on any atom is -0.393 e. The maximum atomic E-state index is 9.64. The molecular weight excluding hydrogens is 336 g/mol. The lowest BCUT2D eigenvalue weighted by Gasteiger charge is -2.31. The summed E-state index contributed by atoms with van der Waals surface area (Å²) in [7, 11) is 0. The van der Waals surface area contributed by atoms with Crippen molar-refractivity contribution < 1.29 is 5.11 Å². The van der Waals surface area contributed by atoms with Crippen LogP contribution in [0.15, 0.2) is 52.3 Å². The van der Waals surface area contributed by atoms with Crippen molar-refractivity contribution in [3.8, 4) is 0 Å². The van der Waals surface area contributed by atoms with Crippen molar-refractivity contribution in [2.24, 2.45) is 0 Å². The number of aliphatic hydroxyl groups is 1. The first-order valence-corrected chi connectivity index (χ1v) is 10.1. The number of aliphatic hydroxyl groups excluding tert-OH is 1. The standard InChI is InChI=1S/C19H22N2OS2/c1-13(24-21-10-8-15(22)9-11-21)14-6-7-19-17(12-14)20-16-4-2-3-5-18(16)23-19/h2-7,12-13,15,20,22H,8-11H2,1H3. The van der Waals surface area contributed by atoms with E-state index in [0.29, 0.717) is 5.25 Å². The fourth-order valence-electron chi connectivity index (χ4n) is 3.14. The Kier molecular flexibility index (Phi) is 4.77. The average molecular weight is 359 g/mol. The lowest BCUT2D eigenvalue weighted by molar-refractivity contribution is 0.116. The molecule has 24 heavy (non-hydrogen) atoms. The maximum absolute atomic E-state index is 9.64. The second-order valence-corrected chi connectivity index (χ2v) is 8.90. The van der Waals surface area contributed by atoms with Crippen molar-refractivity contribution in [2.75, 3.05) is 18.4 Å². The minimum atomic E-state index is -0.109. The maximum Gasteiger partial charge on any atom is 0.0565 e. The van der Waals surface area contributed by atoms with E-state index in [1.165, 1.54) is 26.7 Å². The summed E-state index contributed by atoms with van der Waals surface area (Å²) in [5, 5.41) is 13.6. The Morgan fingerprint density at radius 3 is 2.71 bits per heavy atom. The van der Waals surface area contributed by atoms with Gasteiger partial charge in [0.05, 0.1) is 17.5 Å². The molecule has 2 aromatic carbocycles. The number of nitrogens with one attached hydrogen (secondary N) is 1. The van der Waals surface area contributed by atoms with Crippen LogP contribution in [0.2, 0.25) is 0 Å². The van der Waals surface area contributed by atoms with Crippen molar-refractivity contribution in [2.45, 2.75) is 40.9 Å². The quantitative estimate of drug-likeness (QED) is 0.640. The number of para-hydroxylation sites is 1. The lowest BCUT2D eigenvalue weighted by Crippen LogP contribution is -2.31. The van der Waals surface area contributed by atoms with Gasteiger partial charge in [0.2, 0.25) is 0 Å². The Bertz CT molecular complexity index is 729. The zero-order valence-corrected chi connectivity index (χ0v) is 15.4. The smallest absolute Gasteiger partial charge is 0.0565 e. The van der Waals surface area contributed by atoms with Gasteiger partial charge in [0.1, 0.15) is 0 Å². The summed E-state index contributed by atoms with van der Waals surface area (Å²) >= 11 is 3.73. The van der Waals surface area contributed by atoms with Crippen LogP contribution < -0.4 is 5.32 Å². The molecule has 2 aliphatic rings. The van der Waals surface area contributed by atoms with Gasteiger partial charge >= 0.3 is 0 Å². The molecule has 0 bridgehead atoms. The first-order valence-electron chi connectivity index (χ1n) is 8.47. The van der Waals surface area contributed by atoms with Gasteiger partial charge in [-0.3, -0.25) is 0 Å². The van der Waals surface area contributed by atoms with Crippen LogP contribution in [0.4, 0.5) is 11.4 Å². The van der Waals surface area contributed by atoms with Crippen LogP contribution in [0.1, 0.15) is 30.6 Å². The molecule has 3 nitrogen and oxygen atoms in total. The number of piperidine rings is 1. The average Bonchev–Trinajstić information content (AvgIpc) is 2.61. The zero-order valence-electron chi connectivity index (χ0n) is 13.7. The number of hydrogen-bond acceptors (Lipinski definition) is 5. The largest absolute Gasteiger partial charge is 0.393 e. The summed E-state index contributed by atoms with van der Waals surface area (Å²) in [6, 6.07) is 15.2. The van der Waals surface area contributed by atoms with Crippen molar-refractivity contribution in [1.29, 1.82) is 0 Å². The minimum absolute atomic E-state index is 0.109. The molecule has 1 saturated heterocycles. The molecule has 0 aromatic heterocycles. The first-order chi connectivity index (χ1) is 11.7. The van der Waals surface area contributed by atoms with Gasteiger partial charge in [-0.1, -0.05) is 41.9 Å². The predicted molar refractivity (Wildman–Crippen MR) is 103 cm³/mol. The summed E-state index contributed by atoms with van der Waals surface area (Å²) in [4.78, 5) is 2.57. The monoisotopic (exact) mass is 358 g/mol. The summed E-state index contributed by atoms with van der Waals surface area (Å²) < 4.78 is 2.40. The Labute approximate surface area is 152 Å². The van der Waals surface area contributed by atoms with Crippen LogP contribution in [-0.2, 0) is 0 Å². The Balaban J connectivity index is 1.47. The highest BCUT2D eigenvalue weighted by Crippen LogP contribution is 2.45. The lowest BCUT2D eigenvalue weighted by atomic mass is 10.1. The summed E-state index contributed by atoms with van der Waals surface area (Å²) in [5.74, 6) is 0. The highest BCUT2D eigenvalue weighted by molar-refractivity contribution is 7.99. The third-order valence-corrected chi connectivity index (χ3v) is 6.98. The molecule has 2 N–H and O–H groups in total. The van der Waals surface area contributed by atoms with E-state index in [0.717, 1.165) is 25.9 Å². The highest BCUT2D eigenvalue weighted by Gasteiger charge is 2.21. The molecule has 4 rings (SSSR count). The number of nitrogens with zero attached hydrogens (tertiary/aromatic N) is 1. The molecule has 2 aliphatic heterocycles. The van der Waals surface area contributed by atoms with Crippen molar-refractivity contribution in [3.05, 3.63) is 48.0 Å². The Morgan fingerprint density at radius 1 is 1.12 bits per heavy atom. The van der Waals surface area contributed by atoms with E-state index in [9.17, 15) is 5.11 Å². The zero-order chi connectivity index (χ0) is 16.5. The number of hydrogen-bond donors (Lipinski definition) is 2. The number of anilines is 2. The van der Waals surface area contributed by atoms with E-state index in [4.69, 9.17) is 0 Å². The van der Waals surface area contributed by atoms with Gasteiger partial charge in [-0.2, -0.15) is 0 Å². The molecule has 5 heteroatoms. The van der Waals surface area contributed by atoms with Gasteiger partial charge in [0.25, 0.3) is 0 Å². The van der Waals surface area contributed by atoms with E-state index in [-0.39, 0.29) is 6.10 Å². The molecule has 0 aliphatic carbocycles. The molecule has 0 radical (unpaired) electrons. The summed E-state index contributed by atoms with van der Waals surface area (Å²) in [6.45, 7) is 4.21. The fourth-order valence-corrected chi connectivity index (χ4v) is 5.25. The van der Waals surface area contributed by atoms with Gasteiger partial charge in [-0.15, -0.1) is 0 Å². The number of rotatable bonds is 3. The molecule has 0 spiro atoms. The second-order valence-electron chi connectivity index (χ2n) is 6.39. The molecule has 0 saturated carbocycles. The van der Waals surface area contributed by atoms with E-state index in [1.54, 1.807) is 0 Å². The van der Waals surface area contributed by atoms with Crippen LogP contribution in [-0.4, -0.2) is 28.6 Å². The van der Waals surface area contributed by atoms with Crippen molar-refractivity contribution in [3.63, 3.8) is 0 Å². The predicted octanol–water partition coefficient (Wildman–Crippen LogP) is 5.06. The van der Waals surface area contributed by atoms with Crippen molar-refractivity contribution in [1.82, 2.24) is 4.31 Å². The number of fused-ring (bicyclic) bond motifs is 2. The Morgan fingerprint density at radius 2 is 1.88 bits per heavy atom. The van der Waals surface area contributed by atoms with Gasteiger partial charge in [0, 0.05) is 28.1 Å². The van der Waals surface area contributed by atoms with E-state index < -0.39 is 0 Å². The van der Waals surface area contributed by atoms with E-state index in [1.807, 2.05) is 23.7 Å². The normalized spacial score (nSPS) is 19.2. The van der Waals surface area contributed by atoms with Gasteiger partial charge in [-0.25, -0.2) is 4.31 Å². The Hall–Kier alpha value is -1.14. The van der Waals surface area contributed by atoms with Gasteiger partial charge < -0.3 is 10.4 Å².